The van der Waals surface area contributed by atoms with Gasteiger partial charge in [0.1, 0.15) is 0 Å². The molecule has 4 aliphatic rings. The van der Waals surface area contributed by atoms with Crippen LogP contribution in [-0.4, -0.2) is 86.8 Å². The van der Waals surface area contributed by atoms with Gasteiger partial charge in [0.15, 0.2) is 5.69 Å². The van der Waals surface area contributed by atoms with E-state index in [2.05, 4.69) is 15.1 Å². The molecule has 8 nitrogen and oxygen atoms in total. The minimum Gasteiger partial charge on any atom is -0.341 e. The molecule has 3 aliphatic heterocycles. The van der Waals surface area contributed by atoms with Gasteiger partial charge in [0.05, 0.1) is 12.7 Å². The molecule has 4 fully saturated rings. The number of aryl methyl sites for hydroxylation is 1. The van der Waals surface area contributed by atoms with Crippen LogP contribution in [0.15, 0.2) is 6.20 Å². The molecule has 1 aliphatic carbocycles. The van der Waals surface area contributed by atoms with Crippen LogP contribution in [0.5, 0.6) is 0 Å². The maximum Gasteiger partial charge on any atom is 0.276 e. The molecule has 1 aromatic heterocycles. The molecule has 3 saturated heterocycles. The lowest BCUT2D eigenvalue weighted by molar-refractivity contribution is -0.132. The van der Waals surface area contributed by atoms with Crippen molar-refractivity contribution in [2.24, 2.45) is 18.4 Å². The van der Waals surface area contributed by atoms with E-state index in [0.717, 1.165) is 45.1 Å². The van der Waals surface area contributed by atoms with E-state index in [1.54, 1.807) is 7.05 Å². The Hall–Kier alpha value is -1.96. The lowest BCUT2D eigenvalue weighted by atomic mass is 9.79. The average Bonchev–Trinajstić information content (AvgIpc) is 3.35. The van der Waals surface area contributed by atoms with Gasteiger partial charge in [-0.3, -0.25) is 14.5 Å². The first-order valence-electron chi connectivity index (χ1n) is 9.69. The second-order valence-corrected chi connectivity index (χ2v) is 8.71. The van der Waals surface area contributed by atoms with Gasteiger partial charge in [-0.1, -0.05) is 0 Å². The van der Waals surface area contributed by atoms with Crippen molar-refractivity contribution in [1.29, 1.82) is 0 Å². The van der Waals surface area contributed by atoms with Gasteiger partial charge in [0.25, 0.3) is 5.91 Å². The lowest BCUT2D eigenvalue weighted by Gasteiger charge is -2.47. The summed E-state index contributed by atoms with van der Waals surface area (Å²) in [6.45, 7) is 4.75. The van der Waals surface area contributed by atoms with Crippen LogP contribution in [0.3, 0.4) is 0 Å². The third-order valence-electron chi connectivity index (χ3n) is 6.81. The maximum atomic E-state index is 12.7. The molecule has 2 unspecified atom stereocenters. The molecule has 26 heavy (non-hydrogen) atoms. The highest BCUT2D eigenvalue weighted by atomic mass is 16.2. The fraction of sp³-hybridized carbons (Fsp3) is 0.778. The third kappa shape index (κ3) is 2.62. The van der Waals surface area contributed by atoms with Gasteiger partial charge < -0.3 is 9.80 Å². The first-order valence-corrected chi connectivity index (χ1v) is 9.69. The zero-order chi connectivity index (χ0) is 17.9. The Morgan fingerprint density at radius 1 is 1.23 bits per heavy atom. The van der Waals surface area contributed by atoms with Gasteiger partial charge in [-0.15, -0.1) is 5.10 Å². The van der Waals surface area contributed by atoms with Crippen molar-refractivity contribution >= 4 is 11.8 Å². The first kappa shape index (κ1) is 16.2. The molecule has 1 saturated carbocycles. The fourth-order valence-electron chi connectivity index (χ4n) is 5.41. The number of aromatic nitrogens is 3. The second kappa shape index (κ2) is 5.77. The monoisotopic (exact) mass is 358 g/mol. The van der Waals surface area contributed by atoms with E-state index in [0.29, 0.717) is 18.3 Å². The van der Waals surface area contributed by atoms with Crippen molar-refractivity contribution in [2.45, 2.75) is 31.7 Å². The van der Waals surface area contributed by atoms with Crippen LogP contribution in [0.4, 0.5) is 0 Å². The molecule has 0 aromatic carbocycles. The number of carbonyl (C=O) groups excluding carboxylic acids is 2. The van der Waals surface area contributed by atoms with Crippen LogP contribution in [0.1, 0.15) is 36.2 Å². The number of carbonyl (C=O) groups is 2. The van der Waals surface area contributed by atoms with Gasteiger partial charge in [-0.2, -0.15) is 9.90 Å². The Morgan fingerprint density at radius 2 is 2.04 bits per heavy atom. The SMILES string of the molecule is Cn1ncc(C(=O)N2CC3(CCN(C(=O)CN4CC5CCC4C5)C3)C2)n1. The summed E-state index contributed by atoms with van der Waals surface area (Å²) < 4.78 is 0. The van der Waals surface area contributed by atoms with Crippen LogP contribution in [0.25, 0.3) is 0 Å². The predicted octanol–water partition coefficient (Wildman–Crippen LogP) is -0.0261. The summed E-state index contributed by atoms with van der Waals surface area (Å²) in [6, 6.07) is 0.643. The highest BCUT2D eigenvalue weighted by Gasteiger charge is 2.51. The number of amides is 2. The largest absolute Gasteiger partial charge is 0.341 e. The van der Waals surface area contributed by atoms with Gasteiger partial charge in [-0.05, 0) is 31.6 Å². The molecule has 0 radical (unpaired) electrons. The Morgan fingerprint density at radius 3 is 2.69 bits per heavy atom. The normalized spacial score (nSPS) is 29.6. The second-order valence-electron chi connectivity index (χ2n) is 8.71. The summed E-state index contributed by atoms with van der Waals surface area (Å²) in [5.41, 5.74) is 0.495. The molecule has 4 heterocycles. The first-order chi connectivity index (χ1) is 12.5. The summed E-state index contributed by atoms with van der Waals surface area (Å²) in [4.78, 5) is 32.8. The minimum atomic E-state index is -0.0541. The molecule has 140 valence electrons. The average molecular weight is 358 g/mol. The molecular weight excluding hydrogens is 332 g/mol. The van der Waals surface area contributed by atoms with Crippen molar-refractivity contribution in [1.82, 2.24) is 29.7 Å². The van der Waals surface area contributed by atoms with Crippen molar-refractivity contribution in [3.8, 4) is 0 Å². The van der Waals surface area contributed by atoms with Crippen LogP contribution in [0.2, 0.25) is 0 Å². The molecule has 1 aromatic rings. The number of rotatable bonds is 3. The summed E-state index contributed by atoms with van der Waals surface area (Å²) in [6.07, 6.45) is 6.41. The topological polar surface area (TPSA) is 74.6 Å². The molecule has 0 N–H and O–H groups in total. The summed E-state index contributed by atoms with van der Waals surface area (Å²) in [7, 11) is 1.71. The molecule has 5 rings (SSSR count). The predicted molar refractivity (Wildman–Crippen MR) is 93.2 cm³/mol. The molecule has 8 heteroatoms. The molecular formula is C18H26N6O2. The van der Waals surface area contributed by atoms with Crippen molar-refractivity contribution in [2.75, 3.05) is 39.3 Å². The van der Waals surface area contributed by atoms with Crippen molar-refractivity contribution in [3.05, 3.63) is 11.9 Å². The highest BCUT2D eigenvalue weighted by molar-refractivity contribution is 5.92. The number of hydrogen-bond acceptors (Lipinski definition) is 5. The summed E-state index contributed by atoms with van der Waals surface area (Å²) in [5.74, 6) is 1.04. The Bertz CT molecular complexity index is 740. The van der Waals surface area contributed by atoms with Crippen molar-refractivity contribution < 1.29 is 9.59 Å². The Labute approximate surface area is 153 Å². The van der Waals surface area contributed by atoms with Gasteiger partial charge >= 0.3 is 0 Å². The van der Waals surface area contributed by atoms with Gasteiger partial charge in [-0.25, -0.2) is 0 Å². The molecule has 2 amide bonds. The van der Waals surface area contributed by atoms with E-state index >= 15 is 0 Å². The number of piperidine rings is 1. The number of hydrogen-bond donors (Lipinski definition) is 0. The number of fused-ring (bicyclic) bond motifs is 2. The molecule has 1 spiro atoms. The minimum absolute atomic E-state index is 0.0541. The van der Waals surface area contributed by atoms with E-state index in [4.69, 9.17) is 0 Å². The summed E-state index contributed by atoms with van der Waals surface area (Å²) in [5, 5.41) is 8.06. The van der Waals surface area contributed by atoms with E-state index < -0.39 is 0 Å². The quantitative estimate of drug-likeness (QED) is 0.759. The zero-order valence-electron chi connectivity index (χ0n) is 15.3. The molecule has 2 atom stereocenters. The van der Waals surface area contributed by atoms with Crippen LogP contribution in [-0.2, 0) is 11.8 Å². The van der Waals surface area contributed by atoms with Crippen LogP contribution in [0, 0.1) is 11.3 Å². The van der Waals surface area contributed by atoms with E-state index in [-0.39, 0.29) is 17.2 Å². The smallest absolute Gasteiger partial charge is 0.276 e. The number of nitrogens with zero attached hydrogens (tertiary/aromatic N) is 6. The fourth-order valence-corrected chi connectivity index (χ4v) is 5.41. The zero-order valence-corrected chi connectivity index (χ0v) is 15.3. The number of likely N-dealkylation sites (tertiary alicyclic amines) is 3. The summed E-state index contributed by atoms with van der Waals surface area (Å²) >= 11 is 0. The van der Waals surface area contributed by atoms with Crippen LogP contribution >= 0.6 is 0 Å². The van der Waals surface area contributed by atoms with Gasteiger partial charge in [0.2, 0.25) is 5.91 Å². The maximum absolute atomic E-state index is 12.7. The van der Waals surface area contributed by atoms with E-state index in [1.807, 2.05) is 9.80 Å². The Kier molecular flexibility index (Phi) is 3.60. The van der Waals surface area contributed by atoms with Gasteiger partial charge in [0, 0.05) is 51.2 Å². The van der Waals surface area contributed by atoms with E-state index in [1.165, 1.54) is 30.3 Å². The van der Waals surface area contributed by atoms with Crippen molar-refractivity contribution in [3.63, 3.8) is 0 Å². The van der Waals surface area contributed by atoms with E-state index in [9.17, 15) is 9.59 Å². The third-order valence-corrected chi connectivity index (χ3v) is 6.81. The lowest BCUT2D eigenvalue weighted by Crippen LogP contribution is -2.60. The highest BCUT2D eigenvalue weighted by Crippen LogP contribution is 2.41. The van der Waals surface area contributed by atoms with Crippen LogP contribution < -0.4 is 0 Å². The Balaban J connectivity index is 1.14. The standard InChI is InChI=1S/C18H26N6O2/c1-21-19-7-15(20-21)17(26)24-11-18(12-24)4-5-22(10-18)16(25)9-23-8-13-2-3-14(23)6-13/h7,13-14H,2-6,8-12H2,1H3. The molecule has 2 bridgehead atoms.